The summed E-state index contributed by atoms with van der Waals surface area (Å²) in [7, 11) is 0. The lowest BCUT2D eigenvalue weighted by molar-refractivity contribution is 0.166. The van der Waals surface area contributed by atoms with Gasteiger partial charge in [-0.3, -0.25) is 0 Å². The van der Waals surface area contributed by atoms with Crippen LogP contribution in [0.5, 0.6) is 0 Å². The predicted molar refractivity (Wildman–Crippen MR) is 77.2 cm³/mol. The molecule has 1 aliphatic carbocycles. The third kappa shape index (κ3) is 2.59. The van der Waals surface area contributed by atoms with Crippen LogP contribution in [0.4, 0.5) is 0 Å². The molecule has 1 atom stereocenters. The molecule has 1 heterocycles. The van der Waals surface area contributed by atoms with Crippen molar-refractivity contribution in [2.75, 3.05) is 0 Å². The highest BCUT2D eigenvalue weighted by Crippen LogP contribution is 2.29. The average Bonchev–Trinajstić information content (AvgIpc) is 2.73. The van der Waals surface area contributed by atoms with Gasteiger partial charge in [-0.2, -0.15) is 0 Å². The number of aliphatic hydroxyl groups excluding tert-OH is 1. The Hall–Kier alpha value is -1.54. The lowest BCUT2D eigenvalue weighted by atomic mass is 10.1. The van der Waals surface area contributed by atoms with Crippen molar-refractivity contribution in [2.45, 2.75) is 45.3 Å². The standard InChI is InChI=1S/C17H21NO/c1-13-6-2-3-7-14(13)10-18-11-15-8-4-5-9-17(19)16(15)12-18/h2-3,6-7,11-12,17,19H,4-5,8-10H2,1H3. The predicted octanol–water partition coefficient (Wildman–Crippen LogP) is 3.60. The highest BCUT2D eigenvalue weighted by Gasteiger charge is 2.18. The Morgan fingerprint density at radius 2 is 2.05 bits per heavy atom. The number of aryl methyl sites for hydroxylation is 2. The summed E-state index contributed by atoms with van der Waals surface area (Å²) >= 11 is 0. The number of aliphatic hydroxyl groups is 1. The molecular formula is C17H21NO. The van der Waals surface area contributed by atoms with Crippen molar-refractivity contribution in [2.24, 2.45) is 0 Å². The number of aromatic nitrogens is 1. The average molecular weight is 255 g/mol. The molecule has 1 unspecified atom stereocenters. The summed E-state index contributed by atoms with van der Waals surface area (Å²) in [6, 6.07) is 8.49. The van der Waals surface area contributed by atoms with Gasteiger partial charge in [-0.15, -0.1) is 0 Å². The monoisotopic (exact) mass is 255 g/mol. The number of hydrogen-bond acceptors (Lipinski definition) is 1. The maximum Gasteiger partial charge on any atom is 0.0807 e. The van der Waals surface area contributed by atoms with Gasteiger partial charge in [0.1, 0.15) is 0 Å². The van der Waals surface area contributed by atoms with E-state index in [1.807, 2.05) is 0 Å². The summed E-state index contributed by atoms with van der Waals surface area (Å²) in [5.74, 6) is 0. The fourth-order valence-corrected chi connectivity index (χ4v) is 2.97. The Bertz CT molecular complexity index is 570. The van der Waals surface area contributed by atoms with Gasteiger partial charge in [-0.1, -0.05) is 30.7 Å². The molecule has 1 aromatic heterocycles. The molecular weight excluding hydrogens is 234 g/mol. The Balaban J connectivity index is 1.87. The molecule has 0 bridgehead atoms. The third-order valence-electron chi connectivity index (χ3n) is 4.14. The van der Waals surface area contributed by atoms with Gasteiger partial charge in [-0.05, 0) is 42.9 Å². The molecule has 0 radical (unpaired) electrons. The Morgan fingerprint density at radius 3 is 2.89 bits per heavy atom. The topological polar surface area (TPSA) is 25.2 Å². The molecule has 2 aromatic rings. The van der Waals surface area contributed by atoms with E-state index >= 15 is 0 Å². The number of rotatable bonds is 2. The molecule has 1 aliphatic rings. The molecule has 0 saturated carbocycles. The second-order valence-corrected chi connectivity index (χ2v) is 5.60. The Kier molecular flexibility index (Phi) is 3.43. The molecule has 0 aliphatic heterocycles. The van der Waals surface area contributed by atoms with Crippen LogP contribution in [0.15, 0.2) is 36.7 Å². The number of fused-ring (bicyclic) bond motifs is 1. The van der Waals surface area contributed by atoms with Gasteiger partial charge in [0, 0.05) is 24.5 Å². The minimum Gasteiger partial charge on any atom is -0.388 e. The van der Waals surface area contributed by atoms with E-state index in [0.717, 1.165) is 31.4 Å². The lowest BCUT2D eigenvalue weighted by Crippen LogP contribution is -1.99. The highest BCUT2D eigenvalue weighted by molar-refractivity contribution is 5.30. The largest absolute Gasteiger partial charge is 0.388 e. The minimum atomic E-state index is -0.268. The molecule has 19 heavy (non-hydrogen) atoms. The fraction of sp³-hybridized carbons (Fsp3) is 0.412. The van der Waals surface area contributed by atoms with Crippen molar-refractivity contribution in [3.05, 3.63) is 58.9 Å². The number of benzene rings is 1. The summed E-state index contributed by atoms with van der Waals surface area (Å²) in [5.41, 5.74) is 5.15. The van der Waals surface area contributed by atoms with Crippen LogP contribution in [0.1, 0.15) is 47.6 Å². The van der Waals surface area contributed by atoms with Gasteiger partial charge in [0.2, 0.25) is 0 Å². The third-order valence-corrected chi connectivity index (χ3v) is 4.14. The quantitative estimate of drug-likeness (QED) is 0.815. The zero-order valence-corrected chi connectivity index (χ0v) is 11.5. The maximum atomic E-state index is 10.2. The number of hydrogen-bond donors (Lipinski definition) is 1. The van der Waals surface area contributed by atoms with Gasteiger partial charge >= 0.3 is 0 Å². The zero-order valence-electron chi connectivity index (χ0n) is 11.5. The van der Waals surface area contributed by atoms with Crippen molar-refractivity contribution in [1.29, 1.82) is 0 Å². The molecule has 0 saturated heterocycles. The normalized spacial score (nSPS) is 18.9. The summed E-state index contributed by atoms with van der Waals surface area (Å²) < 4.78 is 2.22. The first kappa shape index (κ1) is 12.5. The minimum absolute atomic E-state index is 0.268. The Labute approximate surface area is 114 Å². The molecule has 1 N–H and O–H groups in total. The molecule has 2 heteroatoms. The van der Waals surface area contributed by atoms with Crippen LogP contribution in [-0.4, -0.2) is 9.67 Å². The van der Waals surface area contributed by atoms with E-state index in [-0.39, 0.29) is 6.10 Å². The van der Waals surface area contributed by atoms with Gasteiger partial charge in [-0.25, -0.2) is 0 Å². The second kappa shape index (κ2) is 5.22. The van der Waals surface area contributed by atoms with Crippen LogP contribution in [0.25, 0.3) is 0 Å². The molecule has 100 valence electrons. The zero-order chi connectivity index (χ0) is 13.2. The maximum absolute atomic E-state index is 10.2. The Morgan fingerprint density at radius 1 is 1.21 bits per heavy atom. The fourth-order valence-electron chi connectivity index (χ4n) is 2.97. The van der Waals surface area contributed by atoms with E-state index in [9.17, 15) is 5.11 Å². The first-order valence-corrected chi connectivity index (χ1v) is 7.15. The van der Waals surface area contributed by atoms with Crippen molar-refractivity contribution in [3.63, 3.8) is 0 Å². The second-order valence-electron chi connectivity index (χ2n) is 5.60. The van der Waals surface area contributed by atoms with E-state index < -0.39 is 0 Å². The number of nitrogens with zero attached hydrogens (tertiary/aromatic N) is 1. The van der Waals surface area contributed by atoms with Crippen molar-refractivity contribution >= 4 is 0 Å². The van der Waals surface area contributed by atoms with Crippen molar-refractivity contribution in [3.8, 4) is 0 Å². The molecule has 0 spiro atoms. The smallest absolute Gasteiger partial charge is 0.0807 e. The van der Waals surface area contributed by atoms with Gasteiger partial charge in [0.15, 0.2) is 0 Å². The van der Waals surface area contributed by atoms with Gasteiger partial charge in [0.25, 0.3) is 0 Å². The van der Waals surface area contributed by atoms with Crippen LogP contribution in [0.2, 0.25) is 0 Å². The van der Waals surface area contributed by atoms with Crippen LogP contribution in [0.3, 0.4) is 0 Å². The molecule has 3 rings (SSSR count). The molecule has 0 amide bonds. The van der Waals surface area contributed by atoms with Crippen molar-refractivity contribution in [1.82, 2.24) is 4.57 Å². The van der Waals surface area contributed by atoms with Crippen molar-refractivity contribution < 1.29 is 5.11 Å². The van der Waals surface area contributed by atoms with E-state index in [0.29, 0.717) is 0 Å². The van der Waals surface area contributed by atoms with Crippen LogP contribution in [-0.2, 0) is 13.0 Å². The summed E-state index contributed by atoms with van der Waals surface area (Å²) in [5, 5.41) is 10.2. The van der Waals surface area contributed by atoms with E-state index in [1.165, 1.54) is 23.1 Å². The van der Waals surface area contributed by atoms with E-state index in [4.69, 9.17) is 0 Å². The lowest BCUT2D eigenvalue weighted by Gasteiger charge is -2.08. The van der Waals surface area contributed by atoms with Crippen LogP contribution < -0.4 is 0 Å². The SMILES string of the molecule is Cc1ccccc1Cn1cc2c(c1)C(O)CCCC2. The van der Waals surface area contributed by atoms with Gasteiger partial charge in [0.05, 0.1) is 6.10 Å². The summed E-state index contributed by atoms with van der Waals surface area (Å²) in [4.78, 5) is 0. The first-order valence-electron chi connectivity index (χ1n) is 7.15. The molecule has 2 nitrogen and oxygen atoms in total. The summed E-state index contributed by atoms with van der Waals surface area (Å²) in [6.45, 7) is 3.05. The van der Waals surface area contributed by atoms with E-state index in [2.05, 4.69) is 48.1 Å². The molecule has 0 fully saturated rings. The van der Waals surface area contributed by atoms with Crippen LogP contribution in [0, 0.1) is 6.92 Å². The highest BCUT2D eigenvalue weighted by atomic mass is 16.3. The molecule has 1 aromatic carbocycles. The van der Waals surface area contributed by atoms with E-state index in [1.54, 1.807) is 0 Å². The van der Waals surface area contributed by atoms with Gasteiger partial charge < -0.3 is 9.67 Å². The first-order chi connectivity index (χ1) is 9.24. The van der Waals surface area contributed by atoms with Crippen LogP contribution >= 0.6 is 0 Å². The summed E-state index contributed by atoms with van der Waals surface area (Å²) in [6.07, 6.45) is 8.42.